The second-order valence-electron chi connectivity index (χ2n) is 6.89. The van der Waals surface area contributed by atoms with Gasteiger partial charge in [-0.3, -0.25) is 9.59 Å². The van der Waals surface area contributed by atoms with E-state index in [0.29, 0.717) is 33.5 Å². The van der Waals surface area contributed by atoms with Crippen molar-refractivity contribution in [1.29, 1.82) is 0 Å². The quantitative estimate of drug-likeness (QED) is 0.523. The topological polar surface area (TPSA) is 76.7 Å². The van der Waals surface area contributed by atoms with Gasteiger partial charge in [0.05, 0.1) is 12.8 Å². The first-order valence-electron chi connectivity index (χ1n) is 9.65. The molecule has 0 spiro atoms. The largest absolute Gasteiger partial charge is 0.495 e. The highest BCUT2D eigenvalue weighted by atomic mass is 35.5. The van der Waals surface area contributed by atoms with Gasteiger partial charge in [-0.2, -0.15) is 0 Å². The van der Waals surface area contributed by atoms with Crippen molar-refractivity contribution in [2.75, 3.05) is 17.7 Å². The minimum absolute atomic E-state index is 0.279. The number of hydrogen-bond donors (Lipinski definition) is 2. The van der Waals surface area contributed by atoms with Crippen LogP contribution in [0.3, 0.4) is 0 Å². The minimum atomic E-state index is -0.744. The summed E-state index contributed by atoms with van der Waals surface area (Å²) < 4.78 is 11.0. The highest BCUT2D eigenvalue weighted by molar-refractivity contribution is 6.31. The van der Waals surface area contributed by atoms with E-state index in [9.17, 15) is 9.59 Å². The number of benzene rings is 3. The first-order valence-corrected chi connectivity index (χ1v) is 10.0. The van der Waals surface area contributed by atoms with Gasteiger partial charge >= 0.3 is 0 Å². The van der Waals surface area contributed by atoms with Gasteiger partial charge < -0.3 is 20.1 Å². The summed E-state index contributed by atoms with van der Waals surface area (Å²) in [4.78, 5) is 25.0. The van der Waals surface area contributed by atoms with E-state index in [4.69, 9.17) is 21.1 Å². The molecule has 2 amide bonds. The van der Waals surface area contributed by atoms with Crippen molar-refractivity contribution < 1.29 is 19.1 Å². The fourth-order valence-corrected chi connectivity index (χ4v) is 3.02. The van der Waals surface area contributed by atoms with Crippen LogP contribution in [0.2, 0.25) is 5.02 Å². The Kier molecular flexibility index (Phi) is 7.15. The average Bonchev–Trinajstić information content (AvgIpc) is 2.77. The number of ether oxygens (including phenoxy) is 2. The summed E-state index contributed by atoms with van der Waals surface area (Å²) in [6.07, 6.45) is -0.744. The second-order valence-corrected chi connectivity index (χ2v) is 7.32. The van der Waals surface area contributed by atoms with Gasteiger partial charge in [0.15, 0.2) is 6.10 Å². The summed E-state index contributed by atoms with van der Waals surface area (Å²) in [6.45, 7) is 3.53. The second kappa shape index (κ2) is 10.00. The molecule has 1 atom stereocenters. The van der Waals surface area contributed by atoms with Crippen LogP contribution in [0, 0.1) is 6.92 Å². The van der Waals surface area contributed by atoms with Crippen molar-refractivity contribution in [2.24, 2.45) is 0 Å². The SMILES string of the molecule is COc1ccccc1NC(=O)c1ccc(OC(C)C(=O)Nc2cc(Cl)ccc2C)cc1. The van der Waals surface area contributed by atoms with Crippen LogP contribution < -0.4 is 20.1 Å². The molecule has 3 rings (SSSR count). The Morgan fingerprint density at radius 3 is 2.35 bits per heavy atom. The third kappa shape index (κ3) is 5.77. The van der Waals surface area contributed by atoms with Crippen LogP contribution >= 0.6 is 11.6 Å². The Labute approximate surface area is 186 Å². The van der Waals surface area contributed by atoms with E-state index in [1.54, 1.807) is 62.6 Å². The highest BCUT2D eigenvalue weighted by Gasteiger charge is 2.16. The third-order valence-corrected chi connectivity index (χ3v) is 4.85. The number of para-hydroxylation sites is 2. The molecule has 0 heterocycles. The molecule has 7 heteroatoms. The zero-order valence-electron chi connectivity index (χ0n) is 17.4. The maximum absolute atomic E-state index is 12.5. The van der Waals surface area contributed by atoms with Crippen molar-refractivity contribution >= 4 is 34.8 Å². The number of rotatable bonds is 7. The first kappa shape index (κ1) is 22.2. The lowest BCUT2D eigenvalue weighted by atomic mass is 10.2. The van der Waals surface area contributed by atoms with E-state index < -0.39 is 6.10 Å². The van der Waals surface area contributed by atoms with Gasteiger partial charge in [-0.15, -0.1) is 0 Å². The first-order chi connectivity index (χ1) is 14.9. The summed E-state index contributed by atoms with van der Waals surface area (Å²) in [5.41, 5.74) is 2.56. The van der Waals surface area contributed by atoms with Crippen molar-refractivity contribution in [3.8, 4) is 11.5 Å². The van der Waals surface area contributed by atoms with Gasteiger partial charge in [-0.25, -0.2) is 0 Å². The third-order valence-electron chi connectivity index (χ3n) is 4.61. The lowest BCUT2D eigenvalue weighted by Gasteiger charge is -2.16. The number of aryl methyl sites for hydroxylation is 1. The summed E-state index contributed by atoms with van der Waals surface area (Å²) >= 11 is 6.00. The molecule has 1 unspecified atom stereocenters. The van der Waals surface area contributed by atoms with E-state index in [0.717, 1.165) is 5.56 Å². The molecule has 0 aliphatic heterocycles. The Bertz CT molecular complexity index is 1080. The molecule has 6 nitrogen and oxygen atoms in total. The number of amides is 2. The Morgan fingerprint density at radius 1 is 0.935 bits per heavy atom. The Morgan fingerprint density at radius 2 is 1.65 bits per heavy atom. The molecular weight excluding hydrogens is 416 g/mol. The predicted octanol–water partition coefficient (Wildman–Crippen LogP) is 5.32. The molecule has 31 heavy (non-hydrogen) atoms. The predicted molar refractivity (Wildman–Crippen MR) is 122 cm³/mol. The summed E-state index contributed by atoms with van der Waals surface area (Å²) in [5, 5.41) is 6.17. The molecule has 0 saturated carbocycles. The number of carbonyl (C=O) groups is 2. The van der Waals surface area contributed by atoms with Gasteiger partial charge in [-0.1, -0.05) is 29.8 Å². The molecule has 0 bridgehead atoms. The van der Waals surface area contributed by atoms with Crippen LogP contribution in [-0.2, 0) is 4.79 Å². The molecule has 0 aromatic heterocycles. The van der Waals surface area contributed by atoms with Crippen molar-refractivity contribution in [2.45, 2.75) is 20.0 Å². The number of halogens is 1. The van der Waals surface area contributed by atoms with Gasteiger partial charge in [0, 0.05) is 16.3 Å². The fourth-order valence-electron chi connectivity index (χ4n) is 2.85. The maximum atomic E-state index is 12.5. The summed E-state index contributed by atoms with van der Waals surface area (Å²) in [6, 6.07) is 19.0. The summed E-state index contributed by atoms with van der Waals surface area (Å²) in [5.74, 6) is 0.464. The van der Waals surface area contributed by atoms with Crippen molar-refractivity contribution in [1.82, 2.24) is 0 Å². The summed E-state index contributed by atoms with van der Waals surface area (Å²) in [7, 11) is 1.54. The van der Waals surface area contributed by atoms with Gasteiger partial charge in [0.25, 0.3) is 11.8 Å². The lowest BCUT2D eigenvalue weighted by Crippen LogP contribution is -2.30. The average molecular weight is 439 g/mol. The molecule has 0 fully saturated rings. The molecule has 0 aliphatic rings. The van der Waals surface area contributed by atoms with Crippen LogP contribution in [0.4, 0.5) is 11.4 Å². The van der Waals surface area contributed by atoms with Crippen LogP contribution in [0.5, 0.6) is 11.5 Å². The number of anilines is 2. The van der Waals surface area contributed by atoms with E-state index in [2.05, 4.69) is 10.6 Å². The number of hydrogen-bond acceptors (Lipinski definition) is 4. The Hall–Kier alpha value is -3.51. The van der Waals surface area contributed by atoms with E-state index in [-0.39, 0.29) is 11.8 Å². The normalized spacial score (nSPS) is 11.4. The van der Waals surface area contributed by atoms with E-state index >= 15 is 0 Å². The van der Waals surface area contributed by atoms with Crippen LogP contribution in [0.1, 0.15) is 22.8 Å². The lowest BCUT2D eigenvalue weighted by molar-refractivity contribution is -0.122. The van der Waals surface area contributed by atoms with Crippen LogP contribution in [-0.4, -0.2) is 25.0 Å². The standard InChI is InChI=1S/C24H23ClN2O4/c1-15-8-11-18(25)14-21(15)27-23(28)16(2)31-19-12-9-17(10-13-19)24(29)26-20-6-4-5-7-22(20)30-3/h4-14,16H,1-3H3,(H,26,29)(H,27,28). The number of nitrogens with one attached hydrogen (secondary N) is 2. The van der Waals surface area contributed by atoms with Gasteiger partial charge in [-0.05, 0) is 67.9 Å². The smallest absolute Gasteiger partial charge is 0.265 e. The monoisotopic (exact) mass is 438 g/mol. The minimum Gasteiger partial charge on any atom is -0.495 e. The fraction of sp³-hybridized carbons (Fsp3) is 0.167. The molecule has 2 N–H and O–H groups in total. The molecule has 0 saturated heterocycles. The van der Waals surface area contributed by atoms with Gasteiger partial charge in [0.1, 0.15) is 11.5 Å². The number of methoxy groups -OCH3 is 1. The zero-order chi connectivity index (χ0) is 22.4. The highest BCUT2D eigenvalue weighted by Crippen LogP contribution is 2.24. The maximum Gasteiger partial charge on any atom is 0.265 e. The molecular formula is C24H23ClN2O4. The molecule has 160 valence electrons. The zero-order valence-corrected chi connectivity index (χ0v) is 18.2. The molecule has 0 aliphatic carbocycles. The van der Waals surface area contributed by atoms with Crippen molar-refractivity contribution in [3.05, 3.63) is 82.9 Å². The van der Waals surface area contributed by atoms with Crippen molar-refractivity contribution in [3.63, 3.8) is 0 Å². The van der Waals surface area contributed by atoms with Crippen LogP contribution in [0.25, 0.3) is 0 Å². The van der Waals surface area contributed by atoms with Crippen LogP contribution in [0.15, 0.2) is 66.7 Å². The van der Waals surface area contributed by atoms with Gasteiger partial charge in [0.2, 0.25) is 0 Å². The molecule has 3 aromatic rings. The van der Waals surface area contributed by atoms with E-state index in [1.165, 1.54) is 0 Å². The van der Waals surface area contributed by atoms with E-state index in [1.807, 2.05) is 25.1 Å². The Balaban J connectivity index is 1.61. The molecule has 3 aromatic carbocycles. The molecule has 0 radical (unpaired) electrons. The number of carbonyl (C=O) groups excluding carboxylic acids is 2.